The number of rotatable bonds is 5. The predicted octanol–water partition coefficient (Wildman–Crippen LogP) is 3.29. The number of halogens is 1. The van der Waals surface area contributed by atoms with Crippen LogP contribution in [0.4, 0.5) is 0 Å². The third kappa shape index (κ3) is 4.16. The van der Waals surface area contributed by atoms with Gasteiger partial charge in [-0.15, -0.1) is 0 Å². The topological polar surface area (TPSA) is 78.8 Å². The van der Waals surface area contributed by atoms with Crippen molar-refractivity contribution in [3.63, 3.8) is 0 Å². The van der Waals surface area contributed by atoms with Crippen LogP contribution in [0.25, 0.3) is 0 Å². The summed E-state index contributed by atoms with van der Waals surface area (Å²) in [5.74, 6) is 0.0639. The largest absolute Gasteiger partial charge is 0.508 e. The van der Waals surface area contributed by atoms with Crippen LogP contribution in [0.1, 0.15) is 24.0 Å². The molecule has 0 radical (unpaired) electrons. The van der Waals surface area contributed by atoms with Crippen molar-refractivity contribution in [2.24, 2.45) is 0 Å². The predicted molar refractivity (Wildman–Crippen MR) is 90.7 cm³/mol. The number of nitrogens with one attached hydrogen (secondary N) is 1. The van der Waals surface area contributed by atoms with Gasteiger partial charge in [-0.3, -0.25) is 4.79 Å². The summed E-state index contributed by atoms with van der Waals surface area (Å²) in [6.45, 7) is 2.07. The second-order valence-corrected chi connectivity index (χ2v) is 6.00. The molecule has 6 heteroatoms. The molecule has 0 saturated carbocycles. The van der Waals surface area contributed by atoms with Gasteiger partial charge in [0.2, 0.25) is 5.91 Å². The zero-order valence-electron chi connectivity index (χ0n) is 12.8. The first-order chi connectivity index (χ1) is 10.9. The fourth-order valence-corrected chi connectivity index (χ4v) is 2.60. The highest BCUT2D eigenvalue weighted by molar-refractivity contribution is 9.10. The minimum Gasteiger partial charge on any atom is -0.508 e. The lowest BCUT2D eigenvalue weighted by Crippen LogP contribution is -2.27. The van der Waals surface area contributed by atoms with Crippen LogP contribution in [0.5, 0.6) is 17.2 Å². The van der Waals surface area contributed by atoms with E-state index in [9.17, 15) is 15.0 Å². The molecule has 0 aliphatic rings. The Bertz CT molecular complexity index is 700. The van der Waals surface area contributed by atoms with Crippen molar-refractivity contribution in [1.29, 1.82) is 0 Å². The zero-order valence-corrected chi connectivity index (χ0v) is 14.4. The number of phenols is 2. The molecule has 1 atom stereocenters. The summed E-state index contributed by atoms with van der Waals surface area (Å²) < 4.78 is 5.76. The Labute approximate surface area is 143 Å². The number of hydrogen-bond donors (Lipinski definition) is 3. The number of hydrogen-bond acceptors (Lipinski definition) is 4. The van der Waals surface area contributed by atoms with Gasteiger partial charge < -0.3 is 20.3 Å². The molecule has 0 bridgehead atoms. The number of methoxy groups -OCH3 is 1. The van der Waals surface area contributed by atoms with Crippen LogP contribution in [0, 0.1) is 0 Å². The van der Waals surface area contributed by atoms with E-state index in [4.69, 9.17) is 4.74 Å². The molecule has 1 amide bonds. The minimum absolute atomic E-state index is 0.0199. The molecule has 2 rings (SSSR count). The Hall–Kier alpha value is -2.21. The highest BCUT2D eigenvalue weighted by Gasteiger charge is 2.16. The first kappa shape index (κ1) is 17.1. The standard InChI is InChI=1S/C17H18BrNO4/c1-10(11-3-5-13(20)6-4-11)17(22)19-9-12-7-15(21)16(23-2)8-14(12)18/h3-8,10,20-21H,9H2,1-2H3,(H,19,22). The average Bonchev–Trinajstić information content (AvgIpc) is 2.55. The van der Waals surface area contributed by atoms with Crippen LogP contribution in [-0.2, 0) is 11.3 Å². The van der Waals surface area contributed by atoms with E-state index in [2.05, 4.69) is 21.2 Å². The van der Waals surface area contributed by atoms with Crippen molar-refractivity contribution in [1.82, 2.24) is 5.32 Å². The maximum absolute atomic E-state index is 12.2. The van der Waals surface area contributed by atoms with Crippen LogP contribution < -0.4 is 10.1 Å². The van der Waals surface area contributed by atoms with E-state index in [1.165, 1.54) is 7.11 Å². The Morgan fingerprint density at radius 3 is 2.52 bits per heavy atom. The molecule has 1 unspecified atom stereocenters. The average molecular weight is 380 g/mol. The first-order valence-corrected chi connectivity index (χ1v) is 7.83. The molecule has 2 aromatic rings. The van der Waals surface area contributed by atoms with Gasteiger partial charge >= 0.3 is 0 Å². The van der Waals surface area contributed by atoms with Crippen molar-refractivity contribution < 1.29 is 19.7 Å². The number of benzene rings is 2. The van der Waals surface area contributed by atoms with Gasteiger partial charge in [-0.1, -0.05) is 28.1 Å². The van der Waals surface area contributed by atoms with Gasteiger partial charge in [-0.2, -0.15) is 0 Å². The molecule has 23 heavy (non-hydrogen) atoms. The van der Waals surface area contributed by atoms with Gasteiger partial charge in [0.25, 0.3) is 0 Å². The summed E-state index contributed by atoms with van der Waals surface area (Å²) in [4.78, 5) is 12.2. The second-order valence-electron chi connectivity index (χ2n) is 5.15. The van der Waals surface area contributed by atoms with E-state index in [1.807, 2.05) is 0 Å². The molecule has 122 valence electrons. The van der Waals surface area contributed by atoms with Crippen molar-refractivity contribution in [2.45, 2.75) is 19.4 Å². The highest BCUT2D eigenvalue weighted by atomic mass is 79.9. The SMILES string of the molecule is COc1cc(Br)c(CNC(=O)C(C)c2ccc(O)cc2)cc1O. The molecule has 0 spiro atoms. The van der Waals surface area contributed by atoms with Gasteiger partial charge in [0.1, 0.15) is 5.75 Å². The number of amides is 1. The lowest BCUT2D eigenvalue weighted by molar-refractivity contribution is -0.122. The molecule has 2 aromatic carbocycles. The third-order valence-electron chi connectivity index (χ3n) is 3.59. The lowest BCUT2D eigenvalue weighted by Gasteiger charge is -2.14. The van der Waals surface area contributed by atoms with E-state index in [1.54, 1.807) is 43.3 Å². The maximum atomic E-state index is 12.2. The smallest absolute Gasteiger partial charge is 0.227 e. The summed E-state index contributed by atoms with van der Waals surface area (Å²) in [6.07, 6.45) is 0. The maximum Gasteiger partial charge on any atom is 0.227 e. The summed E-state index contributed by atoms with van der Waals surface area (Å²) in [6, 6.07) is 9.74. The van der Waals surface area contributed by atoms with E-state index >= 15 is 0 Å². The molecular formula is C17H18BrNO4. The molecule has 3 N–H and O–H groups in total. The fourth-order valence-electron chi connectivity index (χ4n) is 2.14. The molecule has 0 aliphatic heterocycles. The number of ether oxygens (including phenoxy) is 1. The van der Waals surface area contributed by atoms with Gasteiger partial charge in [-0.25, -0.2) is 0 Å². The lowest BCUT2D eigenvalue weighted by atomic mass is 10.0. The molecule has 0 heterocycles. The summed E-state index contributed by atoms with van der Waals surface area (Å²) in [5, 5.41) is 21.9. The zero-order chi connectivity index (χ0) is 17.0. The Morgan fingerprint density at radius 1 is 1.26 bits per heavy atom. The normalized spacial score (nSPS) is 11.8. The monoisotopic (exact) mass is 379 g/mol. The highest BCUT2D eigenvalue weighted by Crippen LogP contribution is 2.32. The number of phenolic OH excluding ortho intramolecular Hbond substituents is 2. The van der Waals surface area contributed by atoms with Gasteiger partial charge in [0, 0.05) is 11.0 Å². The van der Waals surface area contributed by atoms with E-state index in [0.29, 0.717) is 5.75 Å². The molecule has 5 nitrogen and oxygen atoms in total. The fraction of sp³-hybridized carbons (Fsp3) is 0.235. The molecular weight excluding hydrogens is 362 g/mol. The number of carbonyl (C=O) groups is 1. The minimum atomic E-state index is -0.346. The molecule has 0 fully saturated rings. The number of carbonyl (C=O) groups excluding carboxylic acids is 1. The third-order valence-corrected chi connectivity index (χ3v) is 4.33. The van der Waals surface area contributed by atoms with Crippen LogP contribution in [0.2, 0.25) is 0 Å². The van der Waals surface area contributed by atoms with Crippen LogP contribution in [-0.4, -0.2) is 23.2 Å². The van der Waals surface area contributed by atoms with Gasteiger partial charge in [0.05, 0.1) is 13.0 Å². The van der Waals surface area contributed by atoms with Crippen LogP contribution in [0.3, 0.4) is 0 Å². The number of aromatic hydroxyl groups is 2. The summed E-state index contributed by atoms with van der Waals surface area (Å²) >= 11 is 3.39. The molecule has 0 saturated heterocycles. The summed E-state index contributed by atoms with van der Waals surface area (Å²) in [5.41, 5.74) is 1.56. The molecule has 0 aromatic heterocycles. The Balaban J connectivity index is 2.04. The van der Waals surface area contributed by atoms with E-state index < -0.39 is 0 Å². The molecule has 0 aliphatic carbocycles. The van der Waals surface area contributed by atoms with Gasteiger partial charge in [-0.05, 0) is 42.3 Å². The van der Waals surface area contributed by atoms with Crippen molar-refractivity contribution >= 4 is 21.8 Å². The van der Waals surface area contributed by atoms with Crippen LogP contribution >= 0.6 is 15.9 Å². The van der Waals surface area contributed by atoms with Crippen LogP contribution in [0.15, 0.2) is 40.9 Å². The Kier molecular flexibility index (Phi) is 5.50. The van der Waals surface area contributed by atoms with Crippen molar-refractivity contribution in [3.8, 4) is 17.2 Å². The van der Waals surface area contributed by atoms with Crippen molar-refractivity contribution in [2.75, 3.05) is 7.11 Å². The second kappa shape index (κ2) is 7.37. The summed E-state index contributed by atoms with van der Waals surface area (Å²) in [7, 11) is 1.47. The van der Waals surface area contributed by atoms with E-state index in [0.717, 1.165) is 15.6 Å². The Morgan fingerprint density at radius 2 is 1.91 bits per heavy atom. The van der Waals surface area contributed by atoms with E-state index in [-0.39, 0.29) is 29.9 Å². The van der Waals surface area contributed by atoms with Crippen molar-refractivity contribution in [3.05, 3.63) is 52.0 Å². The quantitative estimate of drug-likeness (QED) is 0.744. The van der Waals surface area contributed by atoms with Gasteiger partial charge in [0.15, 0.2) is 11.5 Å². The first-order valence-electron chi connectivity index (χ1n) is 7.04.